The Hall–Kier alpha value is -0.910. The van der Waals surface area contributed by atoms with Crippen LogP contribution in [0.2, 0.25) is 0 Å². The van der Waals surface area contributed by atoms with Gasteiger partial charge >= 0.3 is 0 Å². The number of rotatable bonds is 27. The minimum Gasteiger partial charge on any atom is -0.394 e. The Morgan fingerprint density at radius 3 is 1.53 bits per heavy atom. The number of aliphatic hydroxyl groups is 3. The van der Waals surface area contributed by atoms with E-state index >= 15 is 0 Å². The van der Waals surface area contributed by atoms with Gasteiger partial charge in [-0.15, -0.1) is 0 Å². The smallest absolute Gasteiger partial charge is 0.249 e. The standard InChI is InChI=1S/C31H61NO4/c1-3-5-7-9-11-13-15-17-19-21-23-25-29(34)28(27-33)32-31(36)30(35)26-24-22-20-18-16-14-12-10-8-6-4-2/h23,25,28-30,33-35H,3-22,24,26-27H2,1-2H3,(H,32,36)/b25-23+. The fraction of sp³-hybridized carbons (Fsp3) is 0.903. The third kappa shape index (κ3) is 22.3. The third-order valence-corrected chi connectivity index (χ3v) is 7.13. The first-order chi connectivity index (χ1) is 17.6. The molecule has 5 heteroatoms. The molecular weight excluding hydrogens is 450 g/mol. The van der Waals surface area contributed by atoms with E-state index in [0.29, 0.717) is 6.42 Å². The normalized spacial score (nSPS) is 14.2. The van der Waals surface area contributed by atoms with Gasteiger partial charge in [-0.2, -0.15) is 0 Å². The van der Waals surface area contributed by atoms with E-state index in [1.165, 1.54) is 103 Å². The van der Waals surface area contributed by atoms with Crippen LogP contribution in [0.1, 0.15) is 155 Å². The van der Waals surface area contributed by atoms with E-state index in [2.05, 4.69) is 19.2 Å². The first-order valence-electron chi connectivity index (χ1n) is 15.5. The number of aliphatic hydroxyl groups excluding tert-OH is 3. The Morgan fingerprint density at radius 1 is 0.667 bits per heavy atom. The first-order valence-corrected chi connectivity index (χ1v) is 15.5. The van der Waals surface area contributed by atoms with E-state index in [0.717, 1.165) is 32.1 Å². The van der Waals surface area contributed by atoms with Crippen molar-refractivity contribution < 1.29 is 20.1 Å². The van der Waals surface area contributed by atoms with E-state index in [9.17, 15) is 20.1 Å². The molecule has 0 aliphatic rings. The van der Waals surface area contributed by atoms with Crippen LogP contribution in [0, 0.1) is 0 Å². The Morgan fingerprint density at radius 2 is 1.08 bits per heavy atom. The summed E-state index contributed by atoms with van der Waals surface area (Å²) < 4.78 is 0. The molecule has 0 aliphatic heterocycles. The van der Waals surface area contributed by atoms with Crippen LogP contribution in [0.5, 0.6) is 0 Å². The molecule has 0 fully saturated rings. The molecule has 0 aromatic carbocycles. The summed E-state index contributed by atoms with van der Waals surface area (Å²) in [5.41, 5.74) is 0. The second-order valence-electron chi connectivity index (χ2n) is 10.7. The van der Waals surface area contributed by atoms with Crippen LogP contribution in [0.25, 0.3) is 0 Å². The molecule has 0 rings (SSSR count). The van der Waals surface area contributed by atoms with Crippen LogP contribution in [0.15, 0.2) is 12.2 Å². The lowest BCUT2D eigenvalue weighted by molar-refractivity contribution is -0.131. The molecule has 36 heavy (non-hydrogen) atoms. The number of carbonyl (C=O) groups is 1. The Kier molecular flexibility index (Phi) is 26.4. The summed E-state index contributed by atoms with van der Waals surface area (Å²) >= 11 is 0. The molecule has 4 N–H and O–H groups in total. The van der Waals surface area contributed by atoms with Gasteiger partial charge < -0.3 is 20.6 Å². The average molecular weight is 512 g/mol. The zero-order valence-electron chi connectivity index (χ0n) is 23.9. The van der Waals surface area contributed by atoms with E-state index < -0.39 is 24.2 Å². The second-order valence-corrected chi connectivity index (χ2v) is 10.7. The van der Waals surface area contributed by atoms with Crippen molar-refractivity contribution in [1.29, 1.82) is 0 Å². The molecule has 0 radical (unpaired) electrons. The molecule has 3 unspecified atom stereocenters. The molecule has 5 nitrogen and oxygen atoms in total. The van der Waals surface area contributed by atoms with Gasteiger partial charge in [-0.05, 0) is 19.3 Å². The molecule has 0 aromatic rings. The third-order valence-electron chi connectivity index (χ3n) is 7.13. The number of nitrogens with one attached hydrogen (secondary N) is 1. The van der Waals surface area contributed by atoms with Crippen LogP contribution in [-0.2, 0) is 4.79 Å². The van der Waals surface area contributed by atoms with E-state index in [-0.39, 0.29) is 6.61 Å². The van der Waals surface area contributed by atoms with Crippen LogP contribution < -0.4 is 5.32 Å². The molecule has 0 saturated carbocycles. The molecule has 0 saturated heterocycles. The Bertz CT molecular complexity index is 497. The summed E-state index contributed by atoms with van der Waals surface area (Å²) in [7, 11) is 0. The first kappa shape index (κ1) is 35.1. The molecule has 0 aromatic heterocycles. The summed E-state index contributed by atoms with van der Waals surface area (Å²) in [6, 6.07) is -0.788. The minimum atomic E-state index is -1.09. The highest BCUT2D eigenvalue weighted by molar-refractivity contribution is 5.80. The van der Waals surface area contributed by atoms with Crippen LogP contribution in [0.3, 0.4) is 0 Å². The molecular formula is C31H61NO4. The summed E-state index contributed by atoms with van der Waals surface area (Å²) in [5, 5.41) is 32.7. The van der Waals surface area contributed by atoms with Gasteiger partial charge in [-0.3, -0.25) is 4.79 Å². The quantitative estimate of drug-likeness (QED) is 0.0685. The van der Waals surface area contributed by atoms with Gasteiger partial charge in [-0.1, -0.05) is 148 Å². The maximum absolute atomic E-state index is 12.3. The molecule has 1 amide bonds. The number of carbonyl (C=O) groups excluding carboxylic acids is 1. The van der Waals surface area contributed by atoms with E-state index in [4.69, 9.17) is 0 Å². The number of unbranched alkanes of at least 4 members (excludes halogenated alkanes) is 19. The van der Waals surface area contributed by atoms with Crippen molar-refractivity contribution in [3.8, 4) is 0 Å². The van der Waals surface area contributed by atoms with Gasteiger partial charge in [0, 0.05) is 0 Å². The predicted octanol–water partition coefficient (Wildman–Crippen LogP) is 7.36. The number of amides is 1. The van der Waals surface area contributed by atoms with Gasteiger partial charge in [0.25, 0.3) is 0 Å². The highest BCUT2D eigenvalue weighted by Crippen LogP contribution is 2.13. The van der Waals surface area contributed by atoms with Crippen molar-refractivity contribution in [2.75, 3.05) is 6.61 Å². The lowest BCUT2D eigenvalue weighted by Gasteiger charge is -2.21. The summed E-state index contributed by atoms with van der Waals surface area (Å²) in [6.45, 7) is 4.12. The summed E-state index contributed by atoms with van der Waals surface area (Å²) in [5.74, 6) is -0.507. The number of hydrogen-bond acceptors (Lipinski definition) is 4. The zero-order chi connectivity index (χ0) is 26.7. The molecule has 0 bridgehead atoms. The van der Waals surface area contributed by atoms with Crippen molar-refractivity contribution in [1.82, 2.24) is 5.32 Å². The fourth-order valence-electron chi connectivity index (χ4n) is 4.59. The lowest BCUT2D eigenvalue weighted by atomic mass is 10.0. The predicted molar refractivity (Wildman–Crippen MR) is 153 cm³/mol. The lowest BCUT2D eigenvalue weighted by Crippen LogP contribution is -2.48. The fourth-order valence-corrected chi connectivity index (χ4v) is 4.59. The Balaban J connectivity index is 3.83. The van der Waals surface area contributed by atoms with Crippen LogP contribution in [0.4, 0.5) is 0 Å². The van der Waals surface area contributed by atoms with Gasteiger partial charge in [-0.25, -0.2) is 0 Å². The molecule has 0 aliphatic carbocycles. The summed E-state index contributed by atoms with van der Waals surface area (Å²) in [4.78, 5) is 12.3. The monoisotopic (exact) mass is 511 g/mol. The van der Waals surface area contributed by atoms with Crippen molar-refractivity contribution in [3.05, 3.63) is 12.2 Å². The van der Waals surface area contributed by atoms with Crippen molar-refractivity contribution in [2.45, 2.75) is 173 Å². The molecule has 0 heterocycles. The Labute approximate surface area is 223 Å². The highest BCUT2D eigenvalue weighted by Gasteiger charge is 2.22. The molecule has 214 valence electrons. The summed E-state index contributed by atoms with van der Waals surface area (Å²) in [6.07, 6.45) is 27.9. The SMILES string of the molecule is CCCCCCCCCCC/C=C/C(O)C(CO)NC(=O)C(O)CCCCCCCCCCCCC. The maximum atomic E-state index is 12.3. The van der Waals surface area contributed by atoms with Gasteiger partial charge in [0.15, 0.2) is 0 Å². The number of allylic oxidation sites excluding steroid dienone is 1. The maximum Gasteiger partial charge on any atom is 0.249 e. The van der Waals surface area contributed by atoms with Gasteiger partial charge in [0.05, 0.1) is 18.8 Å². The van der Waals surface area contributed by atoms with Crippen molar-refractivity contribution in [3.63, 3.8) is 0 Å². The van der Waals surface area contributed by atoms with Crippen molar-refractivity contribution in [2.24, 2.45) is 0 Å². The highest BCUT2D eigenvalue weighted by atomic mass is 16.3. The molecule has 3 atom stereocenters. The second kappa shape index (κ2) is 27.1. The van der Waals surface area contributed by atoms with Gasteiger partial charge in [0.1, 0.15) is 6.10 Å². The average Bonchev–Trinajstić information content (AvgIpc) is 2.88. The van der Waals surface area contributed by atoms with Gasteiger partial charge in [0.2, 0.25) is 5.91 Å². The van der Waals surface area contributed by atoms with Crippen LogP contribution in [-0.4, -0.2) is 46.1 Å². The van der Waals surface area contributed by atoms with E-state index in [1.54, 1.807) is 6.08 Å². The minimum absolute atomic E-state index is 0.361. The topological polar surface area (TPSA) is 89.8 Å². The zero-order valence-corrected chi connectivity index (χ0v) is 23.9. The van der Waals surface area contributed by atoms with E-state index in [1.807, 2.05) is 6.08 Å². The largest absolute Gasteiger partial charge is 0.394 e. The van der Waals surface area contributed by atoms with Crippen molar-refractivity contribution >= 4 is 5.91 Å². The van der Waals surface area contributed by atoms with Crippen LogP contribution >= 0.6 is 0 Å². The number of hydrogen-bond donors (Lipinski definition) is 4. The molecule has 0 spiro atoms.